The van der Waals surface area contributed by atoms with Gasteiger partial charge in [-0.15, -0.1) is 0 Å². The first-order chi connectivity index (χ1) is 14.1. The lowest BCUT2D eigenvalue weighted by Gasteiger charge is -2.29. The Bertz CT molecular complexity index is 862. The normalized spacial score (nSPS) is 23.4. The molecule has 1 saturated heterocycles. The van der Waals surface area contributed by atoms with Crippen LogP contribution in [0.3, 0.4) is 0 Å². The van der Waals surface area contributed by atoms with E-state index in [2.05, 4.69) is 12.2 Å². The van der Waals surface area contributed by atoms with Gasteiger partial charge < -0.3 is 24.6 Å². The highest BCUT2D eigenvalue weighted by atomic mass is 16.3. The van der Waals surface area contributed by atoms with Crippen molar-refractivity contribution in [1.82, 2.24) is 5.32 Å². The van der Waals surface area contributed by atoms with Crippen molar-refractivity contribution < 1.29 is 24.1 Å². The molecule has 0 spiro atoms. The molecule has 2 aliphatic rings. The van der Waals surface area contributed by atoms with Crippen LogP contribution in [0, 0.1) is 6.92 Å². The van der Waals surface area contributed by atoms with Crippen molar-refractivity contribution in [2.45, 2.75) is 58.5 Å². The lowest BCUT2D eigenvalue weighted by atomic mass is 9.95. The van der Waals surface area contributed by atoms with Gasteiger partial charge in [0.1, 0.15) is 49.8 Å². The Labute approximate surface area is 172 Å². The molecular formula is C23H35N3O3+2. The third kappa shape index (κ3) is 4.28. The van der Waals surface area contributed by atoms with E-state index in [0.717, 1.165) is 56.5 Å². The first-order valence-corrected chi connectivity index (χ1v) is 11.3. The Morgan fingerprint density at radius 2 is 1.83 bits per heavy atom. The maximum atomic E-state index is 13.2. The van der Waals surface area contributed by atoms with Crippen molar-refractivity contribution in [2.24, 2.45) is 0 Å². The van der Waals surface area contributed by atoms with Gasteiger partial charge in [-0.2, -0.15) is 0 Å². The van der Waals surface area contributed by atoms with E-state index in [1.807, 2.05) is 6.92 Å². The fraction of sp³-hybridized carbons (Fsp3) is 0.609. The number of carbonyl (C=O) groups is 1. The minimum atomic E-state index is -0.0600. The van der Waals surface area contributed by atoms with E-state index in [0.29, 0.717) is 16.9 Å². The molecule has 1 aliphatic carbocycles. The van der Waals surface area contributed by atoms with Crippen molar-refractivity contribution in [3.63, 3.8) is 0 Å². The van der Waals surface area contributed by atoms with Crippen LogP contribution in [0.25, 0.3) is 11.0 Å². The zero-order chi connectivity index (χ0) is 20.4. The Morgan fingerprint density at radius 3 is 2.52 bits per heavy atom. The van der Waals surface area contributed by atoms with Crippen molar-refractivity contribution in [3.8, 4) is 5.75 Å². The summed E-state index contributed by atoms with van der Waals surface area (Å²) in [5, 5.41) is 14.7. The summed E-state index contributed by atoms with van der Waals surface area (Å²) in [4.78, 5) is 16.3. The van der Waals surface area contributed by atoms with Gasteiger partial charge in [0.25, 0.3) is 5.91 Å². The Hall–Kier alpha value is -2.05. The zero-order valence-electron chi connectivity index (χ0n) is 17.8. The molecule has 4 rings (SSSR count). The molecule has 0 atom stereocenters. The average molecular weight is 402 g/mol. The third-order valence-corrected chi connectivity index (χ3v) is 6.87. The summed E-state index contributed by atoms with van der Waals surface area (Å²) in [7, 11) is 0. The lowest BCUT2D eigenvalue weighted by Crippen LogP contribution is -3.27. The molecule has 1 amide bonds. The summed E-state index contributed by atoms with van der Waals surface area (Å²) in [6.07, 6.45) is 5.71. The average Bonchev–Trinajstić information content (AvgIpc) is 3.07. The first kappa shape index (κ1) is 20.2. The number of likely N-dealkylation sites (N-methyl/N-ethyl adjacent to an activating group) is 1. The number of hydrogen-bond donors (Lipinski definition) is 4. The number of phenols is 1. The summed E-state index contributed by atoms with van der Waals surface area (Å²) in [5.41, 5.74) is 2.15. The summed E-state index contributed by atoms with van der Waals surface area (Å²) >= 11 is 0. The van der Waals surface area contributed by atoms with Crippen molar-refractivity contribution in [3.05, 3.63) is 29.0 Å². The number of piperazine rings is 1. The number of nitrogens with one attached hydrogen (secondary N) is 3. The first-order valence-electron chi connectivity index (χ1n) is 11.3. The molecule has 0 unspecified atom stereocenters. The minimum Gasteiger partial charge on any atom is -0.507 e. The minimum absolute atomic E-state index is 0.0600. The predicted molar refractivity (Wildman–Crippen MR) is 113 cm³/mol. The van der Waals surface area contributed by atoms with E-state index in [-0.39, 0.29) is 17.7 Å². The molecule has 6 heteroatoms. The van der Waals surface area contributed by atoms with Gasteiger partial charge >= 0.3 is 0 Å². The van der Waals surface area contributed by atoms with Gasteiger partial charge in [0.2, 0.25) is 0 Å². The van der Waals surface area contributed by atoms with Crippen LogP contribution in [0.2, 0.25) is 0 Å². The van der Waals surface area contributed by atoms with Crippen LogP contribution in [-0.2, 0) is 6.54 Å². The molecule has 29 heavy (non-hydrogen) atoms. The highest BCUT2D eigenvalue weighted by Gasteiger charge is 2.28. The van der Waals surface area contributed by atoms with Crippen LogP contribution in [0.1, 0.15) is 60.7 Å². The monoisotopic (exact) mass is 401 g/mol. The second-order valence-electron chi connectivity index (χ2n) is 8.81. The highest BCUT2D eigenvalue weighted by Crippen LogP contribution is 2.33. The SMILES string of the molecule is CC[NH+]1CC[NH+](Cc2c(O)ccc3oc(C)c(C(=O)NC4CCCCC4)c23)CC1. The molecule has 158 valence electrons. The van der Waals surface area contributed by atoms with Crippen LogP contribution < -0.4 is 15.1 Å². The fourth-order valence-corrected chi connectivity index (χ4v) is 5.06. The summed E-state index contributed by atoms with van der Waals surface area (Å²) in [6, 6.07) is 3.74. The largest absolute Gasteiger partial charge is 0.507 e. The van der Waals surface area contributed by atoms with E-state index in [9.17, 15) is 9.90 Å². The van der Waals surface area contributed by atoms with E-state index in [1.165, 1.54) is 30.7 Å². The number of rotatable bonds is 5. The standard InChI is InChI=1S/C23H33N3O3/c1-3-25-11-13-26(14-12-25)15-18-19(27)9-10-20-22(18)21(16(2)29-20)23(28)24-17-7-5-4-6-8-17/h9-10,17,27H,3-8,11-15H2,1-2H3,(H,24,28)/p+2. The van der Waals surface area contributed by atoms with E-state index in [4.69, 9.17) is 4.42 Å². The number of aryl methyl sites for hydroxylation is 1. The summed E-state index contributed by atoms with van der Waals surface area (Å²) in [6.45, 7) is 10.5. The molecule has 1 aromatic carbocycles. The molecular weight excluding hydrogens is 366 g/mol. The Kier molecular flexibility index (Phi) is 6.11. The zero-order valence-corrected chi connectivity index (χ0v) is 17.8. The quantitative estimate of drug-likeness (QED) is 0.599. The number of aromatic hydroxyl groups is 1. The maximum absolute atomic E-state index is 13.2. The van der Waals surface area contributed by atoms with Gasteiger partial charge in [0, 0.05) is 11.4 Å². The molecule has 2 fully saturated rings. The van der Waals surface area contributed by atoms with Gasteiger partial charge in [0.15, 0.2) is 0 Å². The van der Waals surface area contributed by atoms with E-state index in [1.54, 1.807) is 17.0 Å². The Balaban J connectivity index is 1.62. The number of carbonyl (C=O) groups excluding carboxylic acids is 1. The fourth-order valence-electron chi connectivity index (χ4n) is 5.06. The molecule has 1 aliphatic heterocycles. The number of quaternary nitrogens is 2. The van der Waals surface area contributed by atoms with Crippen LogP contribution in [-0.4, -0.2) is 49.8 Å². The van der Waals surface area contributed by atoms with Gasteiger partial charge in [-0.1, -0.05) is 19.3 Å². The van der Waals surface area contributed by atoms with E-state index < -0.39 is 0 Å². The van der Waals surface area contributed by atoms with E-state index >= 15 is 0 Å². The number of amides is 1. The van der Waals surface area contributed by atoms with Crippen LogP contribution in [0.15, 0.2) is 16.5 Å². The molecule has 1 aromatic heterocycles. The number of hydrogen-bond acceptors (Lipinski definition) is 3. The predicted octanol–water partition coefficient (Wildman–Crippen LogP) is 0.813. The molecule has 4 N–H and O–H groups in total. The van der Waals surface area contributed by atoms with Gasteiger partial charge in [0.05, 0.1) is 17.7 Å². The molecule has 2 heterocycles. The number of benzene rings is 1. The number of fused-ring (bicyclic) bond motifs is 1. The molecule has 0 radical (unpaired) electrons. The topological polar surface area (TPSA) is 71.3 Å². The molecule has 6 nitrogen and oxygen atoms in total. The van der Waals surface area contributed by atoms with Crippen LogP contribution in [0.5, 0.6) is 5.75 Å². The van der Waals surface area contributed by atoms with Crippen molar-refractivity contribution in [2.75, 3.05) is 32.7 Å². The third-order valence-electron chi connectivity index (χ3n) is 6.87. The smallest absolute Gasteiger partial charge is 0.255 e. The molecule has 1 saturated carbocycles. The number of furan rings is 1. The van der Waals surface area contributed by atoms with Gasteiger partial charge in [-0.05, 0) is 38.8 Å². The van der Waals surface area contributed by atoms with Gasteiger partial charge in [-0.3, -0.25) is 4.79 Å². The molecule has 2 aromatic rings. The van der Waals surface area contributed by atoms with Crippen LogP contribution in [0.4, 0.5) is 0 Å². The molecule has 0 bridgehead atoms. The Morgan fingerprint density at radius 1 is 1.14 bits per heavy atom. The summed E-state index contributed by atoms with van der Waals surface area (Å²) in [5.74, 6) is 0.841. The highest BCUT2D eigenvalue weighted by molar-refractivity contribution is 6.09. The van der Waals surface area contributed by atoms with Crippen molar-refractivity contribution >= 4 is 16.9 Å². The second kappa shape index (κ2) is 8.76. The lowest BCUT2D eigenvalue weighted by molar-refractivity contribution is -1.02. The number of phenolic OH excluding ortho intramolecular Hbond substituents is 1. The summed E-state index contributed by atoms with van der Waals surface area (Å²) < 4.78 is 5.94. The van der Waals surface area contributed by atoms with Crippen molar-refractivity contribution in [1.29, 1.82) is 0 Å². The van der Waals surface area contributed by atoms with Crippen LogP contribution >= 0.6 is 0 Å². The second-order valence-corrected chi connectivity index (χ2v) is 8.81. The maximum Gasteiger partial charge on any atom is 0.255 e. The van der Waals surface area contributed by atoms with Gasteiger partial charge in [-0.25, -0.2) is 0 Å².